The predicted molar refractivity (Wildman–Crippen MR) is 63.2 cm³/mol. The number of carboxylic acid groups (broad SMARTS) is 1. The third kappa shape index (κ3) is 2.88. The SMILES string of the molecule is O=C(O)c1cc(Cl)cn1CCCn1ccnc1. The van der Waals surface area contributed by atoms with Gasteiger partial charge in [0.25, 0.3) is 0 Å². The van der Waals surface area contributed by atoms with Crippen LogP contribution in [0.4, 0.5) is 0 Å². The maximum absolute atomic E-state index is 10.9. The first-order valence-corrected chi connectivity index (χ1v) is 5.59. The highest BCUT2D eigenvalue weighted by Crippen LogP contribution is 2.14. The molecule has 0 saturated carbocycles. The molecule has 0 spiro atoms. The number of rotatable bonds is 5. The van der Waals surface area contributed by atoms with Gasteiger partial charge in [0.2, 0.25) is 0 Å². The molecule has 2 aromatic heterocycles. The molecule has 0 aliphatic heterocycles. The zero-order valence-corrected chi connectivity index (χ0v) is 9.84. The molecule has 0 aliphatic carbocycles. The van der Waals surface area contributed by atoms with Crippen molar-refractivity contribution in [2.75, 3.05) is 0 Å². The molecule has 0 aliphatic rings. The van der Waals surface area contributed by atoms with Crippen LogP contribution < -0.4 is 0 Å². The summed E-state index contributed by atoms with van der Waals surface area (Å²) in [4.78, 5) is 14.9. The Labute approximate surface area is 103 Å². The normalized spacial score (nSPS) is 10.6. The molecule has 6 heteroatoms. The van der Waals surface area contributed by atoms with Gasteiger partial charge in [0.15, 0.2) is 0 Å². The van der Waals surface area contributed by atoms with Crippen molar-refractivity contribution in [3.8, 4) is 0 Å². The van der Waals surface area contributed by atoms with Crippen molar-refractivity contribution in [3.05, 3.63) is 41.7 Å². The van der Waals surface area contributed by atoms with E-state index in [1.807, 2.05) is 10.8 Å². The maximum atomic E-state index is 10.9. The third-order valence-corrected chi connectivity index (χ3v) is 2.66. The highest BCUT2D eigenvalue weighted by Gasteiger charge is 2.11. The summed E-state index contributed by atoms with van der Waals surface area (Å²) < 4.78 is 3.60. The summed E-state index contributed by atoms with van der Waals surface area (Å²) in [6.07, 6.45) is 7.79. The zero-order chi connectivity index (χ0) is 12.3. The Balaban J connectivity index is 1.96. The number of hydrogen-bond acceptors (Lipinski definition) is 2. The van der Waals surface area contributed by atoms with Crippen molar-refractivity contribution in [1.29, 1.82) is 0 Å². The molecule has 0 aromatic carbocycles. The minimum Gasteiger partial charge on any atom is -0.477 e. The van der Waals surface area contributed by atoms with Gasteiger partial charge in [0.05, 0.1) is 11.3 Å². The molecule has 17 heavy (non-hydrogen) atoms. The first-order chi connectivity index (χ1) is 8.16. The molecule has 0 unspecified atom stereocenters. The van der Waals surface area contributed by atoms with E-state index in [4.69, 9.17) is 16.7 Å². The Kier molecular flexibility index (Phi) is 3.49. The fourth-order valence-corrected chi connectivity index (χ4v) is 1.90. The van der Waals surface area contributed by atoms with Crippen LogP contribution in [0.2, 0.25) is 5.02 Å². The average molecular weight is 254 g/mol. The van der Waals surface area contributed by atoms with E-state index in [0.717, 1.165) is 13.0 Å². The molecule has 0 saturated heterocycles. The molecule has 0 amide bonds. The number of aromatic carboxylic acids is 1. The number of imidazole rings is 1. The Morgan fingerprint density at radius 1 is 1.47 bits per heavy atom. The van der Waals surface area contributed by atoms with Gasteiger partial charge in [0.1, 0.15) is 5.69 Å². The Hall–Kier alpha value is -1.75. The van der Waals surface area contributed by atoms with E-state index < -0.39 is 5.97 Å². The average Bonchev–Trinajstić information content (AvgIpc) is 2.88. The summed E-state index contributed by atoms with van der Waals surface area (Å²) in [6, 6.07) is 1.46. The van der Waals surface area contributed by atoms with Gasteiger partial charge in [0, 0.05) is 31.7 Å². The predicted octanol–water partition coefficient (Wildman–Crippen LogP) is 2.13. The summed E-state index contributed by atoms with van der Waals surface area (Å²) in [5, 5.41) is 9.42. The monoisotopic (exact) mass is 253 g/mol. The van der Waals surface area contributed by atoms with Crippen molar-refractivity contribution in [3.63, 3.8) is 0 Å². The molecule has 0 bridgehead atoms. The third-order valence-electron chi connectivity index (χ3n) is 2.46. The Morgan fingerprint density at radius 3 is 2.94 bits per heavy atom. The van der Waals surface area contributed by atoms with Crippen LogP contribution >= 0.6 is 11.6 Å². The van der Waals surface area contributed by atoms with Crippen molar-refractivity contribution in [2.45, 2.75) is 19.5 Å². The van der Waals surface area contributed by atoms with Crippen LogP contribution in [0.25, 0.3) is 0 Å². The van der Waals surface area contributed by atoms with Crippen molar-refractivity contribution in [2.24, 2.45) is 0 Å². The van der Waals surface area contributed by atoms with Gasteiger partial charge in [-0.05, 0) is 12.5 Å². The molecule has 5 nitrogen and oxygen atoms in total. The van der Waals surface area contributed by atoms with Crippen LogP contribution in [0.15, 0.2) is 31.0 Å². The number of carbonyl (C=O) groups is 1. The number of carboxylic acids is 1. The van der Waals surface area contributed by atoms with Crippen molar-refractivity contribution < 1.29 is 9.90 Å². The molecule has 90 valence electrons. The van der Waals surface area contributed by atoms with Crippen LogP contribution in [-0.2, 0) is 13.1 Å². The molecule has 0 fully saturated rings. The lowest BCUT2D eigenvalue weighted by Crippen LogP contribution is -2.09. The maximum Gasteiger partial charge on any atom is 0.352 e. The number of aromatic nitrogens is 3. The van der Waals surface area contributed by atoms with E-state index in [1.165, 1.54) is 6.07 Å². The van der Waals surface area contributed by atoms with Crippen molar-refractivity contribution in [1.82, 2.24) is 14.1 Å². The van der Waals surface area contributed by atoms with Crippen LogP contribution in [0.5, 0.6) is 0 Å². The number of halogens is 1. The minimum atomic E-state index is -0.959. The van der Waals surface area contributed by atoms with E-state index >= 15 is 0 Å². The summed E-state index contributed by atoms with van der Waals surface area (Å²) >= 11 is 5.79. The van der Waals surface area contributed by atoms with Gasteiger partial charge in [-0.25, -0.2) is 9.78 Å². The van der Waals surface area contributed by atoms with Gasteiger partial charge < -0.3 is 14.2 Å². The van der Waals surface area contributed by atoms with Crippen LogP contribution in [-0.4, -0.2) is 25.2 Å². The molecule has 2 rings (SSSR count). The zero-order valence-electron chi connectivity index (χ0n) is 9.08. The molecule has 2 heterocycles. The van der Waals surface area contributed by atoms with Crippen LogP contribution in [0, 0.1) is 0 Å². The lowest BCUT2D eigenvalue weighted by Gasteiger charge is -2.06. The second kappa shape index (κ2) is 5.05. The second-order valence-corrected chi connectivity index (χ2v) is 4.13. The highest BCUT2D eigenvalue weighted by molar-refractivity contribution is 6.30. The van der Waals surface area contributed by atoms with Gasteiger partial charge in [-0.3, -0.25) is 0 Å². The standard InChI is InChI=1S/C11H12ClN3O2/c12-9-6-10(11(16)17)15(7-9)4-1-3-14-5-2-13-8-14/h2,5-8H,1,3-4H2,(H,16,17). The number of nitrogens with zero attached hydrogens (tertiary/aromatic N) is 3. The fourth-order valence-electron chi connectivity index (χ4n) is 1.68. The smallest absolute Gasteiger partial charge is 0.352 e. The Morgan fingerprint density at radius 2 is 2.29 bits per heavy atom. The molecule has 0 radical (unpaired) electrons. The minimum absolute atomic E-state index is 0.223. The lowest BCUT2D eigenvalue weighted by atomic mass is 10.4. The highest BCUT2D eigenvalue weighted by atomic mass is 35.5. The molecular weight excluding hydrogens is 242 g/mol. The number of hydrogen-bond donors (Lipinski definition) is 1. The van der Waals surface area contributed by atoms with Gasteiger partial charge >= 0.3 is 5.97 Å². The van der Waals surface area contributed by atoms with Crippen LogP contribution in [0.1, 0.15) is 16.9 Å². The summed E-state index contributed by atoms with van der Waals surface area (Å²) in [6.45, 7) is 1.42. The molecule has 2 aromatic rings. The van der Waals surface area contributed by atoms with Gasteiger partial charge in [-0.2, -0.15) is 0 Å². The second-order valence-electron chi connectivity index (χ2n) is 3.70. The largest absolute Gasteiger partial charge is 0.477 e. The topological polar surface area (TPSA) is 60.0 Å². The molecule has 1 N–H and O–H groups in total. The number of aryl methyl sites for hydroxylation is 2. The van der Waals surface area contributed by atoms with Crippen LogP contribution in [0.3, 0.4) is 0 Å². The van der Waals surface area contributed by atoms with E-state index in [1.54, 1.807) is 23.3 Å². The lowest BCUT2D eigenvalue weighted by molar-refractivity contribution is 0.0685. The first-order valence-electron chi connectivity index (χ1n) is 5.21. The quantitative estimate of drug-likeness (QED) is 0.888. The Bertz CT molecular complexity index is 505. The van der Waals surface area contributed by atoms with E-state index in [0.29, 0.717) is 11.6 Å². The molecular formula is C11H12ClN3O2. The van der Waals surface area contributed by atoms with Gasteiger partial charge in [-0.1, -0.05) is 11.6 Å². The summed E-state index contributed by atoms with van der Waals surface area (Å²) in [5.41, 5.74) is 0.223. The summed E-state index contributed by atoms with van der Waals surface area (Å²) in [5.74, 6) is -0.959. The van der Waals surface area contributed by atoms with E-state index in [9.17, 15) is 4.79 Å². The van der Waals surface area contributed by atoms with E-state index in [-0.39, 0.29) is 5.69 Å². The fraction of sp³-hybridized carbons (Fsp3) is 0.273. The first kappa shape index (κ1) is 11.7. The van der Waals surface area contributed by atoms with E-state index in [2.05, 4.69) is 4.98 Å². The summed E-state index contributed by atoms with van der Waals surface area (Å²) in [7, 11) is 0. The van der Waals surface area contributed by atoms with Gasteiger partial charge in [-0.15, -0.1) is 0 Å². The molecule has 0 atom stereocenters. The van der Waals surface area contributed by atoms with Crippen molar-refractivity contribution >= 4 is 17.6 Å².